The summed E-state index contributed by atoms with van der Waals surface area (Å²) in [6.07, 6.45) is 1.17. The number of rotatable bonds is 2. The highest BCUT2D eigenvalue weighted by Crippen LogP contribution is 2.24. The van der Waals surface area contributed by atoms with Crippen molar-refractivity contribution in [1.29, 1.82) is 0 Å². The summed E-state index contributed by atoms with van der Waals surface area (Å²) in [4.78, 5) is 4.73. The van der Waals surface area contributed by atoms with Gasteiger partial charge in [0.1, 0.15) is 0 Å². The quantitative estimate of drug-likeness (QED) is 0.866. The van der Waals surface area contributed by atoms with Crippen LogP contribution in [0.3, 0.4) is 0 Å². The van der Waals surface area contributed by atoms with E-state index in [0.29, 0.717) is 12.0 Å². The summed E-state index contributed by atoms with van der Waals surface area (Å²) in [6.45, 7) is 4.45. The van der Waals surface area contributed by atoms with E-state index in [0.717, 1.165) is 21.6 Å². The highest BCUT2D eigenvalue weighted by molar-refractivity contribution is 8.14. The fourth-order valence-corrected chi connectivity index (χ4v) is 2.81. The van der Waals surface area contributed by atoms with E-state index < -0.39 is 0 Å². The van der Waals surface area contributed by atoms with Gasteiger partial charge in [-0.1, -0.05) is 37.2 Å². The molecule has 1 aromatic carbocycles. The van der Waals surface area contributed by atoms with Crippen LogP contribution in [0.5, 0.6) is 0 Å². The lowest BCUT2D eigenvalue weighted by Gasteiger charge is -2.23. The van der Waals surface area contributed by atoms with E-state index in [1.165, 1.54) is 6.42 Å². The summed E-state index contributed by atoms with van der Waals surface area (Å²) in [5.41, 5.74) is 1.05. The van der Waals surface area contributed by atoms with Gasteiger partial charge in [0.15, 0.2) is 5.17 Å². The summed E-state index contributed by atoms with van der Waals surface area (Å²) < 4.78 is 0. The Morgan fingerprint density at radius 1 is 1.35 bits per heavy atom. The van der Waals surface area contributed by atoms with Crippen LogP contribution < -0.4 is 5.32 Å². The molecule has 1 aliphatic heterocycles. The second kappa shape index (κ2) is 5.78. The van der Waals surface area contributed by atoms with Crippen LogP contribution in [0.4, 0.5) is 5.69 Å². The van der Waals surface area contributed by atoms with Gasteiger partial charge in [0.25, 0.3) is 0 Å². The number of halogens is 1. The number of anilines is 1. The Kier molecular flexibility index (Phi) is 4.35. The van der Waals surface area contributed by atoms with Crippen LogP contribution in [0.15, 0.2) is 29.3 Å². The molecule has 92 valence electrons. The van der Waals surface area contributed by atoms with E-state index in [9.17, 15) is 0 Å². The van der Waals surface area contributed by atoms with E-state index >= 15 is 0 Å². The topological polar surface area (TPSA) is 24.4 Å². The number of aliphatic imine (C=N–C) groups is 1. The lowest BCUT2D eigenvalue weighted by Crippen LogP contribution is -2.23. The molecule has 1 heterocycles. The van der Waals surface area contributed by atoms with Gasteiger partial charge >= 0.3 is 0 Å². The number of amidine groups is 1. The van der Waals surface area contributed by atoms with E-state index in [1.54, 1.807) is 11.8 Å². The Balaban J connectivity index is 2.05. The van der Waals surface area contributed by atoms with Crippen LogP contribution in [0, 0.1) is 5.92 Å². The summed E-state index contributed by atoms with van der Waals surface area (Å²) in [7, 11) is 0. The van der Waals surface area contributed by atoms with Gasteiger partial charge in [0.2, 0.25) is 0 Å². The standard InChI is InChI=1S/C13H17ClN2S/c1-9(2)12-7-8-17-13(16-12)15-11-5-3-10(14)4-6-11/h3-6,9,12H,7-8H2,1-2H3,(H,15,16). The predicted octanol–water partition coefficient (Wildman–Crippen LogP) is 4.27. The second-order valence-corrected chi connectivity index (χ2v) is 6.03. The average molecular weight is 269 g/mol. The van der Waals surface area contributed by atoms with Gasteiger partial charge < -0.3 is 5.32 Å². The summed E-state index contributed by atoms with van der Waals surface area (Å²) in [5, 5.41) is 5.13. The molecule has 2 nitrogen and oxygen atoms in total. The highest BCUT2D eigenvalue weighted by Gasteiger charge is 2.18. The maximum atomic E-state index is 5.86. The summed E-state index contributed by atoms with van der Waals surface area (Å²) in [5.74, 6) is 1.75. The number of benzene rings is 1. The largest absolute Gasteiger partial charge is 0.335 e. The summed E-state index contributed by atoms with van der Waals surface area (Å²) in [6, 6.07) is 8.18. The predicted molar refractivity (Wildman–Crippen MR) is 78.2 cm³/mol. The van der Waals surface area contributed by atoms with Crippen LogP contribution in [-0.4, -0.2) is 17.0 Å². The molecule has 2 rings (SSSR count). The number of nitrogens with one attached hydrogen (secondary N) is 1. The molecule has 0 aliphatic carbocycles. The third-order valence-corrected chi connectivity index (χ3v) is 3.97. The molecule has 0 bridgehead atoms. The van der Waals surface area contributed by atoms with E-state index in [4.69, 9.17) is 16.6 Å². The fourth-order valence-electron chi connectivity index (χ4n) is 1.74. The molecule has 1 N–H and O–H groups in total. The van der Waals surface area contributed by atoms with Crippen LogP contribution >= 0.6 is 23.4 Å². The summed E-state index contributed by atoms with van der Waals surface area (Å²) >= 11 is 7.65. The maximum Gasteiger partial charge on any atom is 0.161 e. The molecule has 1 unspecified atom stereocenters. The molecule has 0 fully saturated rings. The molecule has 17 heavy (non-hydrogen) atoms. The normalized spacial score (nSPS) is 20.2. The molecular formula is C13H17ClN2S. The number of hydrogen-bond acceptors (Lipinski definition) is 3. The zero-order chi connectivity index (χ0) is 12.3. The van der Waals surface area contributed by atoms with Gasteiger partial charge in [-0.25, -0.2) is 0 Å². The van der Waals surface area contributed by atoms with Crippen molar-refractivity contribution >= 4 is 34.2 Å². The highest BCUT2D eigenvalue weighted by atomic mass is 35.5. The van der Waals surface area contributed by atoms with Gasteiger partial charge in [-0.2, -0.15) is 0 Å². The van der Waals surface area contributed by atoms with E-state index in [1.807, 2.05) is 24.3 Å². The molecule has 0 amide bonds. The van der Waals surface area contributed by atoms with Crippen molar-refractivity contribution in [2.75, 3.05) is 11.1 Å². The first-order valence-corrected chi connectivity index (χ1v) is 7.24. The van der Waals surface area contributed by atoms with Gasteiger partial charge in [0.05, 0.1) is 6.04 Å². The van der Waals surface area contributed by atoms with Gasteiger partial charge in [0, 0.05) is 16.5 Å². The monoisotopic (exact) mass is 268 g/mol. The van der Waals surface area contributed by atoms with Crippen LogP contribution in [0.25, 0.3) is 0 Å². The Morgan fingerprint density at radius 2 is 2.06 bits per heavy atom. The Labute approximate surface area is 112 Å². The van der Waals surface area contributed by atoms with Gasteiger partial charge in [-0.05, 0) is 36.6 Å². The number of hydrogen-bond donors (Lipinski definition) is 1. The molecular weight excluding hydrogens is 252 g/mol. The van der Waals surface area contributed by atoms with E-state index in [-0.39, 0.29) is 0 Å². The lowest BCUT2D eigenvalue weighted by atomic mass is 10.0. The Morgan fingerprint density at radius 3 is 2.71 bits per heavy atom. The van der Waals surface area contributed by atoms with Crippen LogP contribution in [-0.2, 0) is 0 Å². The molecule has 0 saturated heterocycles. The van der Waals surface area contributed by atoms with Crippen molar-refractivity contribution in [2.45, 2.75) is 26.3 Å². The van der Waals surface area contributed by atoms with Crippen molar-refractivity contribution in [3.63, 3.8) is 0 Å². The van der Waals surface area contributed by atoms with Gasteiger partial charge in [-0.15, -0.1) is 0 Å². The van der Waals surface area contributed by atoms with Crippen LogP contribution in [0.1, 0.15) is 20.3 Å². The zero-order valence-electron chi connectivity index (χ0n) is 10.1. The molecule has 4 heteroatoms. The first kappa shape index (κ1) is 12.8. The lowest BCUT2D eigenvalue weighted by molar-refractivity contribution is 0.485. The van der Waals surface area contributed by atoms with Crippen molar-refractivity contribution in [3.8, 4) is 0 Å². The van der Waals surface area contributed by atoms with Crippen molar-refractivity contribution in [3.05, 3.63) is 29.3 Å². The molecule has 0 radical (unpaired) electrons. The second-order valence-electron chi connectivity index (χ2n) is 4.51. The van der Waals surface area contributed by atoms with Gasteiger partial charge in [-0.3, -0.25) is 4.99 Å². The van der Waals surface area contributed by atoms with Crippen molar-refractivity contribution in [2.24, 2.45) is 10.9 Å². The third-order valence-electron chi connectivity index (χ3n) is 2.80. The minimum atomic E-state index is 0.450. The Bertz CT molecular complexity index is 400. The molecule has 0 spiro atoms. The van der Waals surface area contributed by atoms with E-state index in [2.05, 4.69) is 19.2 Å². The zero-order valence-corrected chi connectivity index (χ0v) is 11.7. The molecule has 1 aliphatic rings. The fraction of sp³-hybridized carbons (Fsp3) is 0.462. The molecule has 0 saturated carbocycles. The van der Waals surface area contributed by atoms with Crippen molar-refractivity contribution < 1.29 is 0 Å². The minimum absolute atomic E-state index is 0.450. The third kappa shape index (κ3) is 3.65. The smallest absolute Gasteiger partial charge is 0.161 e. The first-order chi connectivity index (χ1) is 8.15. The Hall–Kier alpha value is -0.670. The first-order valence-electron chi connectivity index (χ1n) is 5.88. The van der Waals surface area contributed by atoms with Crippen molar-refractivity contribution in [1.82, 2.24) is 0 Å². The average Bonchev–Trinajstić information content (AvgIpc) is 2.32. The number of thioether (sulfide) groups is 1. The molecule has 1 atom stereocenters. The molecule has 1 aromatic rings. The SMILES string of the molecule is CC(C)C1CCSC(Nc2ccc(Cl)cc2)=N1. The molecule has 0 aromatic heterocycles. The van der Waals surface area contributed by atoms with Crippen LogP contribution in [0.2, 0.25) is 5.02 Å². The maximum absolute atomic E-state index is 5.86. The minimum Gasteiger partial charge on any atom is -0.335 e. The number of nitrogens with zero attached hydrogens (tertiary/aromatic N) is 1.